The van der Waals surface area contributed by atoms with E-state index in [9.17, 15) is 4.79 Å². The maximum Gasteiger partial charge on any atom is 0.244 e. The monoisotopic (exact) mass is 293 g/mol. The number of hydrogen-bond donors (Lipinski definition) is 1. The van der Waals surface area contributed by atoms with Gasteiger partial charge in [0.1, 0.15) is 0 Å². The highest BCUT2D eigenvalue weighted by Gasteiger charge is 2.60. The number of nitrogens with zero attached hydrogens (tertiary/aromatic N) is 2. The topological polar surface area (TPSA) is 35.6 Å². The van der Waals surface area contributed by atoms with Crippen LogP contribution in [0.25, 0.3) is 0 Å². The molecule has 2 saturated carbocycles. The summed E-state index contributed by atoms with van der Waals surface area (Å²) in [6.45, 7) is 8.70. The zero-order valence-corrected chi connectivity index (χ0v) is 13.7. The Bertz CT molecular complexity index is 370. The molecule has 3 aliphatic rings. The molecule has 120 valence electrons. The van der Waals surface area contributed by atoms with Gasteiger partial charge in [0.05, 0.1) is 11.7 Å². The molecule has 1 aliphatic heterocycles. The lowest BCUT2D eigenvalue weighted by atomic mass is 10.0. The van der Waals surface area contributed by atoms with Gasteiger partial charge in [0, 0.05) is 6.54 Å². The predicted molar refractivity (Wildman–Crippen MR) is 85.0 cm³/mol. The van der Waals surface area contributed by atoms with E-state index in [1.165, 1.54) is 25.7 Å². The fourth-order valence-corrected chi connectivity index (χ4v) is 4.20. The first kappa shape index (κ1) is 15.3. The predicted octanol–water partition coefficient (Wildman–Crippen LogP) is 2.20. The third-order valence-corrected chi connectivity index (χ3v) is 5.79. The van der Waals surface area contributed by atoms with Gasteiger partial charge in [-0.1, -0.05) is 26.7 Å². The molecule has 1 unspecified atom stereocenters. The lowest BCUT2D eigenvalue weighted by molar-refractivity contribution is -0.131. The van der Waals surface area contributed by atoms with Crippen molar-refractivity contribution < 1.29 is 4.79 Å². The second-order valence-electron chi connectivity index (χ2n) is 7.09. The molecule has 0 aromatic rings. The summed E-state index contributed by atoms with van der Waals surface area (Å²) in [5.74, 6) is 1.10. The maximum atomic E-state index is 12.7. The van der Waals surface area contributed by atoms with Gasteiger partial charge in [-0.25, -0.2) is 0 Å². The van der Waals surface area contributed by atoms with Gasteiger partial charge < -0.3 is 9.80 Å². The molecule has 3 fully saturated rings. The van der Waals surface area contributed by atoms with Crippen LogP contribution in [0.5, 0.6) is 0 Å². The van der Waals surface area contributed by atoms with Crippen LogP contribution < -0.4 is 5.32 Å². The van der Waals surface area contributed by atoms with Crippen LogP contribution in [0.15, 0.2) is 0 Å². The molecule has 3 rings (SSSR count). The van der Waals surface area contributed by atoms with E-state index >= 15 is 0 Å². The fourth-order valence-electron chi connectivity index (χ4n) is 4.20. The molecule has 0 aromatic carbocycles. The molecule has 1 spiro atoms. The van der Waals surface area contributed by atoms with Gasteiger partial charge in [-0.05, 0) is 57.7 Å². The van der Waals surface area contributed by atoms with Crippen LogP contribution in [-0.4, -0.2) is 53.6 Å². The molecule has 1 atom stereocenters. The number of carbonyl (C=O) groups excluding carboxylic acids is 1. The number of hydrogen-bond acceptors (Lipinski definition) is 3. The molecule has 4 nitrogen and oxygen atoms in total. The molecular formula is C17H31N3O. The molecule has 0 bridgehead atoms. The van der Waals surface area contributed by atoms with Crippen LogP contribution in [0.4, 0.5) is 0 Å². The van der Waals surface area contributed by atoms with Gasteiger partial charge in [-0.15, -0.1) is 0 Å². The van der Waals surface area contributed by atoms with Crippen LogP contribution >= 0.6 is 0 Å². The van der Waals surface area contributed by atoms with Gasteiger partial charge in [-0.2, -0.15) is 0 Å². The Morgan fingerprint density at radius 3 is 2.48 bits per heavy atom. The van der Waals surface area contributed by atoms with E-state index < -0.39 is 0 Å². The summed E-state index contributed by atoms with van der Waals surface area (Å²) in [7, 11) is 0. The first-order chi connectivity index (χ1) is 10.2. The lowest BCUT2D eigenvalue weighted by Crippen LogP contribution is -2.43. The highest BCUT2D eigenvalue weighted by Crippen LogP contribution is 2.45. The fraction of sp³-hybridized carbons (Fsp3) is 0.941. The van der Waals surface area contributed by atoms with Gasteiger partial charge in [0.25, 0.3) is 0 Å². The van der Waals surface area contributed by atoms with Crippen molar-refractivity contribution >= 4 is 5.91 Å². The second kappa shape index (κ2) is 6.25. The Kier molecular flexibility index (Phi) is 4.55. The molecule has 1 amide bonds. The highest BCUT2D eigenvalue weighted by atomic mass is 16.2. The van der Waals surface area contributed by atoms with E-state index in [4.69, 9.17) is 0 Å². The Labute approximate surface area is 129 Å². The van der Waals surface area contributed by atoms with Crippen LogP contribution in [0, 0.1) is 5.92 Å². The molecule has 4 heteroatoms. The number of carbonyl (C=O) groups is 1. The summed E-state index contributed by atoms with van der Waals surface area (Å²) < 4.78 is 0. The lowest BCUT2D eigenvalue weighted by Gasteiger charge is -2.29. The smallest absolute Gasteiger partial charge is 0.244 e. The SMILES string of the molecule is CCN(CC)CCCN1C(=O)C2(CC2)NC1C1CCCC1. The zero-order valence-electron chi connectivity index (χ0n) is 13.7. The minimum absolute atomic E-state index is 0.136. The summed E-state index contributed by atoms with van der Waals surface area (Å²) in [6.07, 6.45) is 8.84. The van der Waals surface area contributed by atoms with Crippen molar-refractivity contribution in [1.29, 1.82) is 0 Å². The third-order valence-electron chi connectivity index (χ3n) is 5.79. The summed E-state index contributed by atoms with van der Waals surface area (Å²) in [5, 5.41) is 3.71. The third kappa shape index (κ3) is 2.98. The average Bonchev–Trinajstić information content (AvgIpc) is 2.97. The molecule has 0 radical (unpaired) electrons. The normalized spacial score (nSPS) is 28.2. The first-order valence-electron chi connectivity index (χ1n) is 9.01. The molecule has 0 aromatic heterocycles. The van der Waals surface area contributed by atoms with E-state index in [1.54, 1.807) is 0 Å². The second-order valence-corrected chi connectivity index (χ2v) is 7.09. The van der Waals surface area contributed by atoms with E-state index in [0.29, 0.717) is 18.0 Å². The van der Waals surface area contributed by atoms with E-state index in [2.05, 4.69) is 29.0 Å². The molecular weight excluding hydrogens is 262 g/mol. The summed E-state index contributed by atoms with van der Waals surface area (Å²) in [4.78, 5) is 17.4. The van der Waals surface area contributed by atoms with Crippen molar-refractivity contribution in [3.63, 3.8) is 0 Å². The molecule has 1 saturated heterocycles. The van der Waals surface area contributed by atoms with Crippen molar-refractivity contribution in [3.8, 4) is 0 Å². The Morgan fingerprint density at radius 1 is 1.24 bits per heavy atom. The van der Waals surface area contributed by atoms with Crippen LogP contribution in [0.1, 0.15) is 58.8 Å². The summed E-state index contributed by atoms with van der Waals surface area (Å²) in [5.41, 5.74) is -0.136. The Hall–Kier alpha value is -0.610. The quantitative estimate of drug-likeness (QED) is 0.781. The van der Waals surface area contributed by atoms with Crippen molar-refractivity contribution in [3.05, 3.63) is 0 Å². The Morgan fingerprint density at radius 2 is 1.90 bits per heavy atom. The van der Waals surface area contributed by atoms with E-state index in [-0.39, 0.29) is 5.54 Å². The minimum Gasteiger partial charge on any atom is -0.325 e. The number of nitrogens with one attached hydrogen (secondary N) is 1. The van der Waals surface area contributed by atoms with Crippen molar-refractivity contribution in [2.24, 2.45) is 5.92 Å². The largest absolute Gasteiger partial charge is 0.325 e. The standard InChI is InChI=1S/C17H31N3O/c1-3-19(4-2)12-7-13-20-15(14-8-5-6-9-14)18-17(10-11-17)16(20)21/h14-15,18H,3-13H2,1-2H3. The molecule has 1 heterocycles. The van der Waals surface area contributed by atoms with Crippen molar-refractivity contribution in [1.82, 2.24) is 15.1 Å². The molecule has 2 aliphatic carbocycles. The van der Waals surface area contributed by atoms with Gasteiger partial charge in [0.2, 0.25) is 5.91 Å². The first-order valence-corrected chi connectivity index (χ1v) is 9.01. The number of rotatable bonds is 7. The van der Waals surface area contributed by atoms with Gasteiger partial charge in [-0.3, -0.25) is 10.1 Å². The highest BCUT2D eigenvalue weighted by molar-refractivity contribution is 5.91. The number of amides is 1. The van der Waals surface area contributed by atoms with Gasteiger partial charge >= 0.3 is 0 Å². The van der Waals surface area contributed by atoms with Crippen molar-refractivity contribution in [2.75, 3.05) is 26.2 Å². The van der Waals surface area contributed by atoms with Crippen LogP contribution in [0.3, 0.4) is 0 Å². The van der Waals surface area contributed by atoms with Crippen molar-refractivity contribution in [2.45, 2.75) is 70.5 Å². The van der Waals surface area contributed by atoms with Gasteiger partial charge in [0.15, 0.2) is 0 Å². The zero-order chi connectivity index (χ0) is 14.9. The summed E-state index contributed by atoms with van der Waals surface area (Å²) in [6, 6.07) is 0. The maximum absolute atomic E-state index is 12.7. The molecule has 1 N–H and O–H groups in total. The summed E-state index contributed by atoms with van der Waals surface area (Å²) >= 11 is 0. The van der Waals surface area contributed by atoms with E-state index in [0.717, 1.165) is 45.4 Å². The Balaban J connectivity index is 1.58. The minimum atomic E-state index is -0.136. The molecule has 21 heavy (non-hydrogen) atoms. The van der Waals surface area contributed by atoms with E-state index in [1.807, 2.05) is 0 Å². The average molecular weight is 293 g/mol. The van der Waals surface area contributed by atoms with Crippen LogP contribution in [-0.2, 0) is 4.79 Å². The van der Waals surface area contributed by atoms with Crippen LogP contribution in [0.2, 0.25) is 0 Å².